The van der Waals surface area contributed by atoms with Gasteiger partial charge in [0.05, 0.1) is 11.8 Å². The van der Waals surface area contributed by atoms with Crippen LogP contribution in [0.1, 0.15) is 28.6 Å². The Labute approximate surface area is 171 Å². The summed E-state index contributed by atoms with van der Waals surface area (Å²) < 4.78 is 40.3. The number of nitrogens with one attached hydrogen (secondary N) is 1. The summed E-state index contributed by atoms with van der Waals surface area (Å²) in [6.45, 7) is -0.315. The highest BCUT2D eigenvalue weighted by Gasteiger charge is 2.40. The van der Waals surface area contributed by atoms with Crippen LogP contribution in [0.2, 0.25) is 0 Å². The maximum atomic E-state index is 12.2. The largest absolute Gasteiger partial charge is 0.459 e. The molecule has 3 rings (SSSR count). The fourth-order valence-corrected chi connectivity index (χ4v) is 3.62. The van der Waals surface area contributed by atoms with Crippen LogP contribution in [-0.2, 0) is 23.8 Å². The highest BCUT2D eigenvalue weighted by atomic mass is 32.2. The number of hydrogen-bond donors (Lipinski definition) is 1. The predicted molar refractivity (Wildman–Crippen MR) is 104 cm³/mol. The second-order valence-electron chi connectivity index (χ2n) is 6.52. The van der Waals surface area contributed by atoms with Crippen LogP contribution in [0.25, 0.3) is 0 Å². The van der Waals surface area contributed by atoms with E-state index < -0.39 is 45.8 Å². The lowest BCUT2D eigenvalue weighted by molar-refractivity contribution is -0.0490. The van der Waals surface area contributed by atoms with Gasteiger partial charge in [0.15, 0.2) is 0 Å². The van der Waals surface area contributed by atoms with Crippen LogP contribution in [0, 0.1) is 12.3 Å². The van der Waals surface area contributed by atoms with Crippen molar-refractivity contribution >= 4 is 16.1 Å². The Kier molecular flexibility index (Phi) is 6.21. The summed E-state index contributed by atoms with van der Waals surface area (Å²) in [6.07, 6.45) is 4.21. The number of esters is 1. The third-order valence-electron chi connectivity index (χ3n) is 4.30. The van der Waals surface area contributed by atoms with Crippen molar-refractivity contribution in [1.82, 2.24) is 9.55 Å². The van der Waals surface area contributed by atoms with Crippen molar-refractivity contribution in [2.45, 2.75) is 24.9 Å². The zero-order valence-corrected chi connectivity index (χ0v) is 16.6. The van der Waals surface area contributed by atoms with Crippen LogP contribution in [0.5, 0.6) is 0 Å². The minimum Gasteiger partial charge on any atom is -0.459 e. The average molecular weight is 434 g/mol. The van der Waals surface area contributed by atoms with Crippen LogP contribution < -0.4 is 11.2 Å². The summed E-state index contributed by atoms with van der Waals surface area (Å²) in [6, 6.07) is 8.20. The molecule has 2 aromatic rings. The van der Waals surface area contributed by atoms with Gasteiger partial charge in [0.25, 0.3) is 15.7 Å². The maximum Gasteiger partial charge on any atom is 0.338 e. The van der Waals surface area contributed by atoms with Crippen molar-refractivity contribution in [2.75, 3.05) is 12.9 Å². The van der Waals surface area contributed by atoms with Gasteiger partial charge in [-0.05, 0) is 12.1 Å². The first kappa shape index (κ1) is 21.5. The Bertz CT molecular complexity index is 1190. The molecule has 1 aliphatic heterocycles. The normalized spacial score (nSPS) is 21.1. The summed E-state index contributed by atoms with van der Waals surface area (Å²) in [5.41, 5.74) is -1.31. The van der Waals surface area contributed by atoms with E-state index in [-0.39, 0.29) is 18.6 Å². The number of carbonyl (C=O) groups is 1. The third-order valence-corrected chi connectivity index (χ3v) is 4.90. The summed E-state index contributed by atoms with van der Waals surface area (Å²) >= 11 is 0. The first-order chi connectivity index (χ1) is 14.2. The van der Waals surface area contributed by atoms with Gasteiger partial charge in [-0.2, -0.15) is 8.42 Å². The monoisotopic (exact) mass is 434 g/mol. The van der Waals surface area contributed by atoms with E-state index in [1.54, 1.807) is 30.3 Å². The zero-order valence-electron chi connectivity index (χ0n) is 15.8. The predicted octanol–water partition coefficient (Wildman–Crippen LogP) is 0.00720. The molecule has 11 heteroatoms. The molecule has 1 aromatic heterocycles. The molecular weight excluding hydrogens is 416 g/mol. The van der Waals surface area contributed by atoms with Crippen molar-refractivity contribution in [3.05, 3.63) is 68.5 Å². The molecule has 1 unspecified atom stereocenters. The van der Waals surface area contributed by atoms with Gasteiger partial charge in [-0.25, -0.2) is 9.59 Å². The van der Waals surface area contributed by atoms with E-state index in [0.29, 0.717) is 5.56 Å². The highest BCUT2D eigenvalue weighted by molar-refractivity contribution is 7.86. The number of carbonyl (C=O) groups excluding carboxylic acids is 1. The van der Waals surface area contributed by atoms with Gasteiger partial charge in [-0.1, -0.05) is 24.1 Å². The fraction of sp³-hybridized carbons (Fsp3) is 0.316. The zero-order chi connectivity index (χ0) is 21.9. The van der Waals surface area contributed by atoms with Crippen LogP contribution in [0.3, 0.4) is 0 Å². The van der Waals surface area contributed by atoms with Gasteiger partial charge >= 0.3 is 11.7 Å². The number of terminal acetylenes is 1. The smallest absolute Gasteiger partial charge is 0.338 e. The quantitative estimate of drug-likeness (QED) is 0.382. The van der Waals surface area contributed by atoms with Crippen LogP contribution in [-0.4, -0.2) is 49.0 Å². The molecule has 0 spiro atoms. The van der Waals surface area contributed by atoms with Crippen molar-refractivity contribution in [3.63, 3.8) is 0 Å². The molecule has 158 valence electrons. The summed E-state index contributed by atoms with van der Waals surface area (Å²) in [5, 5.41) is 0. The molecule has 1 N–H and O–H groups in total. The van der Waals surface area contributed by atoms with E-state index in [1.165, 1.54) is 0 Å². The van der Waals surface area contributed by atoms with Crippen LogP contribution in [0.4, 0.5) is 0 Å². The van der Waals surface area contributed by atoms with Gasteiger partial charge in [-0.15, -0.1) is 6.42 Å². The highest BCUT2D eigenvalue weighted by Crippen LogP contribution is 2.31. The Morgan fingerprint density at radius 3 is 2.67 bits per heavy atom. The molecule has 1 fully saturated rings. The number of nitrogens with zero attached hydrogens (tertiary/aromatic N) is 1. The lowest BCUT2D eigenvalue weighted by Crippen LogP contribution is -2.34. The van der Waals surface area contributed by atoms with Gasteiger partial charge < -0.3 is 9.47 Å². The van der Waals surface area contributed by atoms with Crippen LogP contribution >= 0.6 is 0 Å². The molecular formula is C19H18N2O8S. The molecule has 1 aliphatic rings. The van der Waals surface area contributed by atoms with Gasteiger partial charge in [0.1, 0.15) is 30.6 Å². The number of ether oxygens (including phenoxy) is 2. The standard InChI is InChI=1S/C19H18N2O8S/c1-3-12-10-21(19(24)20-17(12)22)16-9-14(29-30(2,25)26)15(28-16)11-27-18(23)13-7-5-4-6-8-13/h1,4-8,10,14-16H,9,11H2,2H3,(H,20,22,24)/t14?,15-,16-/m0/s1. The van der Waals surface area contributed by atoms with Crippen molar-refractivity contribution in [3.8, 4) is 12.3 Å². The molecule has 10 nitrogen and oxygen atoms in total. The van der Waals surface area contributed by atoms with E-state index in [0.717, 1.165) is 17.0 Å². The average Bonchev–Trinajstić information content (AvgIpc) is 3.07. The Morgan fingerprint density at radius 2 is 2.03 bits per heavy atom. The summed E-state index contributed by atoms with van der Waals surface area (Å²) in [5.74, 6) is 1.52. The lowest BCUT2D eigenvalue weighted by Gasteiger charge is -2.18. The molecule has 0 radical (unpaired) electrons. The molecule has 0 saturated carbocycles. The van der Waals surface area contributed by atoms with Gasteiger partial charge in [0.2, 0.25) is 0 Å². The number of aromatic amines is 1. The van der Waals surface area contributed by atoms with Crippen LogP contribution in [0.15, 0.2) is 46.1 Å². The summed E-state index contributed by atoms with van der Waals surface area (Å²) in [7, 11) is -3.86. The van der Waals surface area contributed by atoms with Gasteiger partial charge in [-0.3, -0.25) is 18.5 Å². The fourth-order valence-electron chi connectivity index (χ4n) is 2.96. The van der Waals surface area contributed by atoms with Gasteiger partial charge in [0, 0.05) is 12.6 Å². The van der Waals surface area contributed by atoms with Crippen molar-refractivity contribution in [1.29, 1.82) is 0 Å². The molecule has 3 atom stereocenters. The third kappa shape index (κ3) is 5.04. The topological polar surface area (TPSA) is 134 Å². The molecule has 2 heterocycles. The SMILES string of the molecule is C#Cc1cn([C@@H]2CC(OS(C)(=O)=O)[C@H](COC(=O)c3ccccc3)O2)c(=O)[nH]c1=O. The minimum absolute atomic E-state index is 0.0589. The van der Waals surface area contributed by atoms with E-state index in [1.807, 2.05) is 0 Å². The Balaban J connectivity index is 1.81. The van der Waals surface area contributed by atoms with Crippen molar-refractivity contribution < 1.29 is 26.9 Å². The summed E-state index contributed by atoms with van der Waals surface area (Å²) in [4.78, 5) is 38.0. The number of rotatable bonds is 6. The molecule has 0 aliphatic carbocycles. The number of hydrogen-bond acceptors (Lipinski definition) is 8. The number of H-pyrrole nitrogens is 1. The maximum absolute atomic E-state index is 12.2. The van der Waals surface area contributed by atoms with E-state index in [2.05, 4.69) is 10.9 Å². The molecule has 0 bridgehead atoms. The number of benzene rings is 1. The van der Waals surface area contributed by atoms with E-state index in [9.17, 15) is 22.8 Å². The Hall–Kier alpha value is -3.20. The number of aromatic nitrogens is 2. The van der Waals surface area contributed by atoms with E-state index >= 15 is 0 Å². The molecule has 30 heavy (non-hydrogen) atoms. The molecule has 1 aromatic carbocycles. The second-order valence-corrected chi connectivity index (χ2v) is 8.12. The Morgan fingerprint density at radius 1 is 1.33 bits per heavy atom. The van der Waals surface area contributed by atoms with Crippen molar-refractivity contribution in [2.24, 2.45) is 0 Å². The second kappa shape index (κ2) is 8.66. The first-order valence-corrected chi connectivity index (χ1v) is 10.6. The minimum atomic E-state index is -3.86. The molecule has 0 amide bonds. The first-order valence-electron chi connectivity index (χ1n) is 8.76. The lowest BCUT2D eigenvalue weighted by atomic mass is 10.2. The van der Waals surface area contributed by atoms with E-state index in [4.69, 9.17) is 20.1 Å². The molecule has 1 saturated heterocycles.